The highest BCUT2D eigenvalue weighted by atomic mass is 32.2. The van der Waals surface area contributed by atoms with Crippen LogP contribution >= 0.6 is 11.8 Å². The fourth-order valence-corrected chi connectivity index (χ4v) is 3.44. The molecule has 0 saturated carbocycles. The molecule has 1 aliphatic rings. The van der Waals surface area contributed by atoms with E-state index in [4.69, 9.17) is 4.74 Å². The van der Waals surface area contributed by atoms with Crippen LogP contribution in [0.3, 0.4) is 0 Å². The third-order valence-corrected chi connectivity index (χ3v) is 4.81. The van der Waals surface area contributed by atoms with E-state index in [0.717, 1.165) is 0 Å². The Morgan fingerprint density at radius 2 is 2.21 bits per heavy atom. The molecule has 0 aliphatic carbocycles. The SMILES string of the molecule is C=CCSc1ncnc2c1c(C#N)cn2[C@H]1O[C@@H](CO)[C@@H](O)[C@@H]1O. The number of fused-ring (bicyclic) bond motifs is 1. The first kappa shape index (κ1) is 16.9. The number of aromatic nitrogens is 3. The Kier molecular flexibility index (Phi) is 4.84. The fourth-order valence-electron chi connectivity index (χ4n) is 2.69. The van der Waals surface area contributed by atoms with Crippen molar-refractivity contribution in [3.05, 3.63) is 30.7 Å². The number of aliphatic hydroxyl groups is 3. The molecule has 24 heavy (non-hydrogen) atoms. The standard InChI is InChI=1S/C15H16N4O4S/c1-2-3-24-14-10-8(4-16)5-19(13(10)17-7-18-14)15-12(22)11(21)9(6-20)23-15/h2,5,7,9,11-12,15,20-22H,1,3,6H2/t9-,11+,12-,15-/m0/s1. The van der Waals surface area contributed by atoms with Crippen LogP contribution in [0.25, 0.3) is 11.0 Å². The van der Waals surface area contributed by atoms with Crippen LogP contribution in [0.1, 0.15) is 11.8 Å². The van der Waals surface area contributed by atoms with Gasteiger partial charge in [-0.05, 0) is 0 Å². The maximum Gasteiger partial charge on any atom is 0.164 e. The molecule has 9 heteroatoms. The van der Waals surface area contributed by atoms with Crippen LogP contribution in [-0.2, 0) is 4.74 Å². The lowest BCUT2D eigenvalue weighted by Crippen LogP contribution is -2.33. The van der Waals surface area contributed by atoms with Gasteiger partial charge in [0.15, 0.2) is 6.23 Å². The van der Waals surface area contributed by atoms with Gasteiger partial charge < -0.3 is 24.6 Å². The van der Waals surface area contributed by atoms with Crippen molar-refractivity contribution in [1.82, 2.24) is 14.5 Å². The van der Waals surface area contributed by atoms with Gasteiger partial charge in [0.1, 0.15) is 41.4 Å². The van der Waals surface area contributed by atoms with E-state index in [1.807, 2.05) is 0 Å². The number of nitrogens with zero attached hydrogens (tertiary/aromatic N) is 4. The second-order valence-electron chi connectivity index (χ2n) is 5.27. The predicted molar refractivity (Wildman–Crippen MR) is 86.2 cm³/mol. The highest BCUT2D eigenvalue weighted by Crippen LogP contribution is 2.35. The largest absolute Gasteiger partial charge is 0.394 e. The molecule has 0 spiro atoms. The highest BCUT2D eigenvalue weighted by Gasteiger charge is 2.44. The normalized spacial score (nSPS) is 26.6. The van der Waals surface area contributed by atoms with Gasteiger partial charge in [-0.25, -0.2) is 9.97 Å². The molecule has 1 saturated heterocycles. The van der Waals surface area contributed by atoms with Crippen molar-refractivity contribution in [3.8, 4) is 6.07 Å². The Morgan fingerprint density at radius 3 is 2.83 bits per heavy atom. The molecular weight excluding hydrogens is 332 g/mol. The Balaban J connectivity index is 2.10. The van der Waals surface area contributed by atoms with Crippen molar-refractivity contribution >= 4 is 22.8 Å². The van der Waals surface area contributed by atoms with Crippen LogP contribution < -0.4 is 0 Å². The van der Waals surface area contributed by atoms with Crippen molar-refractivity contribution in [2.24, 2.45) is 0 Å². The summed E-state index contributed by atoms with van der Waals surface area (Å²) in [5.41, 5.74) is 0.762. The number of rotatable bonds is 5. The smallest absolute Gasteiger partial charge is 0.164 e. The van der Waals surface area contributed by atoms with Crippen LogP contribution in [0.4, 0.5) is 0 Å². The van der Waals surface area contributed by atoms with Crippen LogP contribution in [-0.4, -0.2) is 60.5 Å². The quantitative estimate of drug-likeness (QED) is 0.397. The maximum absolute atomic E-state index is 10.2. The molecule has 8 nitrogen and oxygen atoms in total. The maximum atomic E-state index is 10.2. The topological polar surface area (TPSA) is 124 Å². The lowest BCUT2D eigenvalue weighted by Gasteiger charge is -2.17. The third kappa shape index (κ3) is 2.68. The lowest BCUT2D eigenvalue weighted by atomic mass is 10.1. The second kappa shape index (κ2) is 6.88. The molecule has 2 aromatic heterocycles. The van der Waals surface area contributed by atoms with Gasteiger partial charge in [-0.2, -0.15) is 5.26 Å². The first-order valence-electron chi connectivity index (χ1n) is 7.24. The molecule has 3 rings (SSSR count). The van der Waals surface area contributed by atoms with Crippen molar-refractivity contribution < 1.29 is 20.1 Å². The minimum absolute atomic E-state index is 0.343. The van der Waals surface area contributed by atoms with Gasteiger partial charge in [-0.3, -0.25) is 0 Å². The molecular formula is C15H16N4O4S. The number of hydrogen-bond donors (Lipinski definition) is 3. The van der Waals surface area contributed by atoms with Crippen LogP contribution in [0, 0.1) is 11.3 Å². The number of ether oxygens (including phenoxy) is 1. The van der Waals surface area contributed by atoms with E-state index in [1.54, 1.807) is 6.08 Å². The van der Waals surface area contributed by atoms with Crippen molar-refractivity contribution in [3.63, 3.8) is 0 Å². The number of nitriles is 1. The van der Waals surface area contributed by atoms with E-state index < -0.39 is 31.1 Å². The predicted octanol–water partition coefficient (Wildman–Crippen LogP) is 0.193. The summed E-state index contributed by atoms with van der Waals surface area (Å²) >= 11 is 1.42. The molecule has 2 aromatic rings. The van der Waals surface area contributed by atoms with Gasteiger partial charge in [0.05, 0.1) is 17.6 Å². The minimum atomic E-state index is -1.25. The highest BCUT2D eigenvalue weighted by molar-refractivity contribution is 7.99. The van der Waals surface area contributed by atoms with Crippen LogP contribution in [0.2, 0.25) is 0 Å². The molecule has 3 heterocycles. The molecule has 0 bridgehead atoms. The molecule has 1 fully saturated rings. The van der Waals surface area contributed by atoms with Gasteiger partial charge in [-0.15, -0.1) is 18.3 Å². The molecule has 1 aliphatic heterocycles. The summed E-state index contributed by atoms with van der Waals surface area (Å²) in [6.45, 7) is 3.24. The summed E-state index contributed by atoms with van der Waals surface area (Å²) in [5, 5.41) is 40.0. The number of hydrogen-bond acceptors (Lipinski definition) is 8. The van der Waals surface area contributed by atoms with Crippen molar-refractivity contribution in [2.75, 3.05) is 12.4 Å². The monoisotopic (exact) mass is 348 g/mol. The van der Waals surface area contributed by atoms with Crippen molar-refractivity contribution in [1.29, 1.82) is 5.26 Å². The first-order chi connectivity index (χ1) is 11.6. The van der Waals surface area contributed by atoms with E-state index in [1.165, 1.54) is 28.9 Å². The zero-order chi connectivity index (χ0) is 17.3. The second-order valence-corrected chi connectivity index (χ2v) is 6.28. The molecule has 0 unspecified atom stereocenters. The average Bonchev–Trinajstić information content (AvgIpc) is 3.11. The summed E-state index contributed by atoms with van der Waals surface area (Å²) < 4.78 is 7.03. The van der Waals surface area contributed by atoms with Gasteiger partial charge in [-0.1, -0.05) is 6.08 Å². The summed E-state index contributed by atoms with van der Waals surface area (Å²) in [6, 6.07) is 2.09. The molecule has 3 N–H and O–H groups in total. The number of thioether (sulfide) groups is 1. The zero-order valence-electron chi connectivity index (χ0n) is 12.6. The van der Waals surface area contributed by atoms with Gasteiger partial charge in [0.2, 0.25) is 0 Å². The Labute approximate surface area is 142 Å². The fraction of sp³-hybridized carbons (Fsp3) is 0.400. The van der Waals surface area contributed by atoms with E-state index in [-0.39, 0.29) is 0 Å². The summed E-state index contributed by atoms with van der Waals surface area (Å²) in [6.07, 6.45) is 0.291. The van der Waals surface area contributed by atoms with Gasteiger partial charge in [0.25, 0.3) is 0 Å². The lowest BCUT2D eigenvalue weighted by molar-refractivity contribution is -0.0508. The van der Waals surface area contributed by atoms with Gasteiger partial charge >= 0.3 is 0 Å². The van der Waals surface area contributed by atoms with E-state index in [9.17, 15) is 20.6 Å². The Hall–Kier alpha value is -1.96. The van der Waals surface area contributed by atoms with Crippen LogP contribution in [0.5, 0.6) is 0 Å². The Morgan fingerprint density at radius 1 is 1.42 bits per heavy atom. The Bertz CT molecular complexity index is 803. The molecule has 0 aromatic carbocycles. The molecule has 0 amide bonds. The molecule has 4 atom stereocenters. The minimum Gasteiger partial charge on any atom is -0.394 e. The average molecular weight is 348 g/mol. The van der Waals surface area contributed by atoms with E-state index in [0.29, 0.717) is 27.4 Å². The van der Waals surface area contributed by atoms with E-state index >= 15 is 0 Å². The number of aliphatic hydroxyl groups excluding tert-OH is 3. The summed E-state index contributed by atoms with van der Waals surface area (Å²) in [7, 11) is 0. The van der Waals surface area contributed by atoms with Crippen molar-refractivity contribution in [2.45, 2.75) is 29.6 Å². The summed E-state index contributed by atoms with van der Waals surface area (Å²) in [5.74, 6) is 0.621. The van der Waals surface area contributed by atoms with E-state index in [2.05, 4.69) is 22.6 Å². The molecule has 126 valence electrons. The van der Waals surface area contributed by atoms with Crippen LogP contribution in [0.15, 0.2) is 30.2 Å². The third-order valence-electron chi connectivity index (χ3n) is 3.82. The molecule has 0 radical (unpaired) electrons. The summed E-state index contributed by atoms with van der Waals surface area (Å²) in [4.78, 5) is 8.40. The zero-order valence-corrected chi connectivity index (χ0v) is 13.4. The first-order valence-corrected chi connectivity index (χ1v) is 8.22. The van der Waals surface area contributed by atoms with Gasteiger partial charge in [0, 0.05) is 11.9 Å².